The highest BCUT2D eigenvalue weighted by molar-refractivity contribution is 5.85. The van der Waals surface area contributed by atoms with Gasteiger partial charge in [0.2, 0.25) is 5.91 Å². The van der Waals surface area contributed by atoms with Gasteiger partial charge in [-0.15, -0.1) is 24.8 Å². The van der Waals surface area contributed by atoms with Crippen LogP contribution in [0.5, 0.6) is 0 Å². The third-order valence-corrected chi connectivity index (χ3v) is 3.21. The normalized spacial score (nSPS) is 18.1. The van der Waals surface area contributed by atoms with Gasteiger partial charge in [-0.25, -0.2) is 0 Å². The van der Waals surface area contributed by atoms with Gasteiger partial charge in [0.1, 0.15) is 0 Å². The Morgan fingerprint density at radius 2 is 1.85 bits per heavy atom. The summed E-state index contributed by atoms with van der Waals surface area (Å²) in [4.78, 5) is 13.9. The van der Waals surface area contributed by atoms with Gasteiger partial charge < -0.3 is 20.7 Å². The molecule has 0 radical (unpaired) electrons. The van der Waals surface area contributed by atoms with E-state index in [2.05, 4.69) is 24.1 Å². The second-order valence-corrected chi connectivity index (χ2v) is 5.33. The number of amides is 1. The molecule has 1 aliphatic rings. The standard InChI is InChI=1S/C13H27N3O2.2ClH/c1-10(2)18-9-8-16-6-4-12(5-7-16)15-13(17)11(3)14;;/h10-12H,4-9,14H2,1-3H3,(H,15,17);2*1H/t11-;;/m1../s1. The van der Waals surface area contributed by atoms with Gasteiger partial charge in [0, 0.05) is 25.7 Å². The molecule has 1 amide bonds. The van der Waals surface area contributed by atoms with Crippen LogP contribution in [-0.4, -0.2) is 55.2 Å². The Morgan fingerprint density at radius 1 is 1.30 bits per heavy atom. The van der Waals surface area contributed by atoms with Crippen molar-refractivity contribution < 1.29 is 9.53 Å². The molecule has 3 N–H and O–H groups in total. The van der Waals surface area contributed by atoms with E-state index in [1.54, 1.807) is 6.92 Å². The minimum absolute atomic E-state index is 0. The van der Waals surface area contributed by atoms with Crippen molar-refractivity contribution in [3.63, 3.8) is 0 Å². The Balaban J connectivity index is 0. The van der Waals surface area contributed by atoms with Crippen LogP contribution in [0.4, 0.5) is 0 Å². The monoisotopic (exact) mass is 329 g/mol. The van der Waals surface area contributed by atoms with E-state index in [-0.39, 0.29) is 36.8 Å². The van der Waals surface area contributed by atoms with Crippen molar-refractivity contribution in [1.29, 1.82) is 0 Å². The van der Waals surface area contributed by atoms with Crippen molar-refractivity contribution in [1.82, 2.24) is 10.2 Å². The fourth-order valence-electron chi connectivity index (χ4n) is 2.05. The Kier molecular flexibility index (Phi) is 12.9. The van der Waals surface area contributed by atoms with Gasteiger partial charge in [0.15, 0.2) is 0 Å². The highest BCUT2D eigenvalue weighted by atomic mass is 35.5. The molecular weight excluding hydrogens is 301 g/mol. The number of rotatable bonds is 6. The molecule has 0 saturated carbocycles. The average molecular weight is 330 g/mol. The molecule has 1 heterocycles. The lowest BCUT2D eigenvalue weighted by Crippen LogP contribution is -2.49. The van der Waals surface area contributed by atoms with Crippen LogP contribution in [0.3, 0.4) is 0 Å². The molecule has 0 unspecified atom stereocenters. The van der Waals surface area contributed by atoms with Crippen LogP contribution >= 0.6 is 24.8 Å². The van der Waals surface area contributed by atoms with Crippen LogP contribution in [0.15, 0.2) is 0 Å². The molecule has 20 heavy (non-hydrogen) atoms. The van der Waals surface area contributed by atoms with Crippen LogP contribution < -0.4 is 11.1 Å². The second-order valence-electron chi connectivity index (χ2n) is 5.33. The predicted octanol–water partition coefficient (Wildman–Crippen LogP) is 1.18. The molecule has 0 aromatic rings. The summed E-state index contributed by atoms with van der Waals surface area (Å²) in [6, 6.07) is -0.131. The van der Waals surface area contributed by atoms with Crippen LogP contribution in [0.2, 0.25) is 0 Å². The average Bonchev–Trinajstić information content (AvgIpc) is 2.30. The Bertz CT molecular complexity index is 258. The van der Waals surface area contributed by atoms with Crippen molar-refractivity contribution in [3.05, 3.63) is 0 Å². The van der Waals surface area contributed by atoms with Crippen LogP contribution in [-0.2, 0) is 9.53 Å². The first-order chi connectivity index (χ1) is 8.49. The molecule has 1 atom stereocenters. The molecule has 1 rings (SSSR count). The van der Waals surface area contributed by atoms with Crippen LogP contribution in [0, 0.1) is 0 Å². The van der Waals surface area contributed by atoms with E-state index in [9.17, 15) is 4.79 Å². The summed E-state index contributed by atoms with van der Waals surface area (Å²) in [7, 11) is 0. The zero-order valence-electron chi connectivity index (χ0n) is 12.6. The molecule has 0 aliphatic carbocycles. The Morgan fingerprint density at radius 3 is 2.30 bits per heavy atom. The van der Waals surface area contributed by atoms with Gasteiger partial charge in [-0.2, -0.15) is 0 Å². The molecule has 1 fully saturated rings. The van der Waals surface area contributed by atoms with Crippen LogP contribution in [0.25, 0.3) is 0 Å². The van der Waals surface area contributed by atoms with E-state index in [1.807, 2.05) is 0 Å². The fourth-order valence-corrected chi connectivity index (χ4v) is 2.05. The van der Waals surface area contributed by atoms with E-state index in [4.69, 9.17) is 10.5 Å². The van der Waals surface area contributed by atoms with Gasteiger partial charge in [-0.05, 0) is 33.6 Å². The minimum atomic E-state index is -0.414. The SMILES string of the molecule is CC(C)OCCN1CCC(NC(=O)[C@@H](C)N)CC1.Cl.Cl. The molecule has 7 heteroatoms. The molecule has 5 nitrogen and oxygen atoms in total. The molecule has 1 saturated heterocycles. The highest BCUT2D eigenvalue weighted by Gasteiger charge is 2.21. The number of carbonyl (C=O) groups excluding carboxylic acids is 1. The summed E-state index contributed by atoms with van der Waals surface area (Å²) in [5.74, 6) is -0.0448. The van der Waals surface area contributed by atoms with Crippen molar-refractivity contribution in [2.45, 2.75) is 51.8 Å². The summed E-state index contributed by atoms with van der Waals surface area (Å²) in [6.07, 6.45) is 2.30. The third-order valence-electron chi connectivity index (χ3n) is 3.21. The topological polar surface area (TPSA) is 67.6 Å². The summed E-state index contributed by atoms with van der Waals surface area (Å²) < 4.78 is 5.54. The molecule has 122 valence electrons. The van der Waals surface area contributed by atoms with Gasteiger partial charge >= 0.3 is 0 Å². The smallest absolute Gasteiger partial charge is 0.236 e. The number of nitrogens with one attached hydrogen (secondary N) is 1. The number of ether oxygens (including phenoxy) is 1. The Labute approximate surface area is 134 Å². The molecule has 0 bridgehead atoms. The first-order valence-electron chi connectivity index (χ1n) is 6.89. The first-order valence-corrected chi connectivity index (χ1v) is 6.89. The van der Waals surface area contributed by atoms with Crippen molar-refractivity contribution in [2.24, 2.45) is 5.73 Å². The lowest BCUT2D eigenvalue weighted by atomic mass is 10.0. The summed E-state index contributed by atoms with van der Waals surface area (Å²) in [5.41, 5.74) is 5.54. The summed E-state index contributed by atoms with van der Waals surface area (Å²) in [6.45, 7) is 9.62. The number of hydrogen-bond acceptors (Lipinski definition) is 4. The molecule has 1 aliphatic heterocycles. The van der Waals surface area contributed by atoms with E-state index in [0.717, 1.165) is 39.1 Å². The summed E-state index contributed by atoms with van der Waals surface area (Å²) >= 11 is 0. The van der Waals surface area contributed by atoms with Gasteiger partial charge in [0.05, 0.1) is 18.8 Å². The van der Waals surface area contributed by atoms with Crippen LogP contribution in [0.1, 0.15) is 33.6 Å². The van der Waals surface area contributed by atoms with Gasteiger partial charge in [-0.3, -0.25) is 4.79 Å². The lowest BCUT2D eigenvalue weighted by Gasteiger charge is -2.32. The van der Waals surface area contributed by atoms with E-state index < -0.39 is 6.04 Å². The number of likely N-dealkylation sites (tertiary alicyclic amines) is 1. The number of halogens is 2. The van der Waals surface area contributed by atoms with E-state index in [1.165, 1.54) is 0 Å². The number of piperidine rings is 1. The molecule has 0 spiro atoms. The van der Waals surface area contributed by atoms with Crippen molar-refractivity contribution >= 4 is 30.7 Å². The maximum absolute atomic E-state index is 11.5. The quantitative estimate of drug-likeness (QED) is 0.768. The maximum atomic E-state index is 11.5. The number of carbonyl (C=O) groups is 1. The number of nitrogens with zero attached hydrogens (tertiary/aromatic N) is 1. The zero-order chi connectivity index (χ0) is 13.5. The number of hydrogen-bond donors (Lipinski definition) is 2. The molecule has 0 aromatic carbocycles. The fraction of sp³-hybridized carbons (Fsp3) is 0.923. The van der Waals surface area contributed by atoms with Gasteiger partial charge in [0.25, 0.3) is 0 Å². The highest BCUT2D eigenvalue weighted by Crippen LogP contribution is 2.10. The minimum Gasteiger partial charge on any atom is -0.377 e. The van der Waals surface area contributed by atoms with Crippen molar-refractivity contribution in [2.75, 3.05) is 26.2 Å². The maximum Gasteiger partial charge on any atom is 0.236 e. The third kappa shape index (κ3) is 8.97. The van der Waals surface area contributed by atoms with E-state index >= 15 is 0 Å². The van der Waals surface area contributed by atoms with Gasteiger partial charge in [-0.1, -0.05) is 0 Å². The first kappa shape index (κ1) is 22.2. The largest absolute Gasteiger partial charge is 0.377 e. The predicted molar refractivity (Wildman–Crippen MR) is 86.8 cm³/mol. The van der Waals surface area contributed by atoms with E-state index in [0.29, 0.717) is 6.10 Å². The number of nitrogens with two attached hydrogens (primary N) is 1. The summed E-state index contributed by atoms with van der Waals surface area (Å²) in [5, 5.41) is 2.99. The lowest BCUT2D eigenvalue weighted by molar-refractivity contribution is -0.123. The Hall–Kier alpha value is -0.0700. The second kappa shape index (κ2) is 11.6. The van der Waals surface area contributed by atoms with Crippen molar-refractivity contribution in [3.8, 4) is 0 Å². The molecular formula is C13H29Cl2N3O2. The zero-order valence-corrected chi connectivity index (χ0v) is 14.3. The molecule has 0 aromatic heterocycles.